The summed E-state index contributed by atoms with van der Waals surface area (Å²) in [5.74, 6) is -0.131. The molecule has 0 saturated heterocycles. The Morgan fingerprint density at radius 1 is 1.24 bits per heavy atom. The van der Waals surface area contributed by atoms with Gasteiger partial charge in [0.2, 0.25) is 0 Å². The van der Waals surface area contributed by atoms with Crippen molar-refractivity contribution in [1.82, 2.24) is 0 Å². The van der Waals surface area contributed by atoms with Gasteiger partial charge in [0, 0.05) is 11.1 Å². The molecule has 1 N–H and O–H groups in total. The van der Waals surface area contributed by atoms with E-state index in [0.717, 1.165) is 11.3 Å². The lowest BCUT2D eigenvalue weighted by Gasteiger charge is -2.11. The van der Waals surface area contributed by atoms with E-state index >= 15 is 0 Å². The normalized spacial score (nSPS) is 10.2. The second kappa shape index (κ2) is 6.41. The Bertz CT molecular complexity index is 674. The molecule has 2 rings (SSSR count). The summed E-state index contributed by atoms with van der Waals surface area (Å²) < 4.78 is 10.8. The molecular weight excluding hydrogens is 292 g/mol. The molecule has 0 unspecified atom stereocenters. The Balaban J connectivity index is 2.18. The summed E-state index contributed by atoms with van der Waals surface area (Å²) >= 11 is 1.15. The highest BCUT2D eigenvalue weighted by molar-refractivity contribution is 7.12. The fourth-order valence-corrected chi connectivity index (χ4v) is 2.55. The lowest BCUT2D eigenvalue weighted by molar-refractivity contribution is 0.0699. The van der Waals surface area contributed by atoms with Crippen molar-refractivity contribution >= 4 is 23.1 Å². The van der Waals surface area contributed by atoms with E-state index in [1.807, 2.05) is 0 Å². The van der Waals surface area contributed by atoms with Crippen LogP contribution in [0.4, 0.5) is 0 Å². The number of carbonyl (C=O) groups excluding carboxylic acids is 1. The van der Waals surface area contributed by atoms with Gasteiger partial charge in [-0.1, -0.05) is 0 Å². The van der Waals surface area contributed by atoms with Crippen molar-refractivity contribution in [2.45, 2.75) is 13.5 Å². The number of Topliss-reactive ketones (excluding diaryl/α,β-unsaturated/α-hetero) is 1. The molecular formula is C15H14O5S. The molecule has 5 nitrogen and oxygen atoms in total. The molecule has 0 bridgehead atoms. The minimum Gasteiger partial charge on any atom is -0.493 e. The van der Waals surface area contributed by atoms with Crippen LogP contribution in [0, 0.1) is 0 Å². The molecule has 0 spiro atoms. The smallest absolute Gasteiger partial charge is 0.346 e. The van der Waals surface area contributed by atoms with Crippen molar-refractivity contribution in [3.63, 3.8) is 0 Å². The Hall–Kier alpha value is -2.34. The molecule has 1 heterocycles. The molecule has 110 valence electrons. The monoisotopic (exact) mass is 306 g/mol. The summed E-state index contributed by atoms with van der Waals surface area (Å²) in [5.41, 5.74) is 1.13. The summed E-state index contributed by atoms with van der Waals surface area (Å²) in [7, 11) is 1.49. The largest absolute Gasteiger partial charge is 0.493 e. The number of thiophene rings is 1. The van der Waals surface area contributed by atoms with Gasteiger partial charge in [-0.05, 0) is 36.6 Å². The average Bonchev–Trinajstić information content (AvgIpc) is 2.93. The van der Waals surface area contributed by atoms with Gasteiger partial charge in [0.25, 0.3) is 0 Å². The average molecular weight is 306 g/mol. The molecule has 2 aromatic rings. The lowest BCUT2D eigenvalue weighted by Crippen LogP contribution is -2.03. The Morgan fingerprint density at radius 2 is 2.00 bits per heavy atom. The number of carboxylic acid groups (broad SMARTS) is 1. The molecule has 0 saturated carbocycles. The van der Waals surface area contributed by atoms with E-state index in [9.17, 15) is 9.59 Å². The van der Waals surface area contributed by atoms with Crippen LogP contribution in [0.3, 0.4) is 0 Å². The summed E-state index contributed by atoms with van der Waals surface area (Å²) in [4.78, 5) is 22.6. The van der Waals surface area contributed by atoms with E-state index in [4.69, 9.17) is 14.6 Å². The highest BCUT2D eigenvalue weighted by Crippen LogP contribution is 2.29. The third-order valence-electron chi connectivity index (χ3n) is 2.89. The predicted molar refractivity (Wildman–Crippen MR) is 78.6 cm³/mol. The maximum Gasteiger partial charge on any atom is 0.346 e. The highest BCUT2D eigenvalue weighted by atomic mass is 32.1. The van der Waals surface area contributed by atoms with Crippen molar-refractivity contribution in [2.24, 2.45) is 0 Å². The second-order valence-electron chi connectivity index (χ2n) is 4.29. The van der Waals surface area contributed by atoms with Crippen molar-refractivity contribution in [3.05, 3.63) is 45.6 Å². The minimum absolute atomic E-state index is 0.0640. The zero-order chi connectivity index (χ0) is 15.4. The van der Waals surface area contributed by atoms with Gasteiger partial charge in [-0.2, -0.15) is 0 Å². The van der Waals surface area contributed by atoms with Gasteiger partial charge in [-0.25, -0.2) is 4.79 Å². The summed E-state index contributed by atoms with van der Waals surface area (Å²) in [6.07, 6.45) is 0. The van der Waals surface area contributed by atoms with Gasteiger partial charge >= 0.3 is 5.97 Å². The zero-order valence-corrected chi connectivity index (χ0v) is 12.4. The molecule has 0 amide bonds. The molecule has 6 heteroatoms. The number of hydrogen-bond acceptors (Lipinski definition) is 5. The maximum absolute atomic E-state index is 11.3. The number of ketones is 1. The SMILES string of the molecule is COc1cc(C(C)=O)ccc1OCc1ccsc1C(=O)O. The van der Waals surface area contributed by atoms with Crippen molar-refractivity contribution in [2.75, 3.05) is 7.11 Å². The minimum atomic E-state index is -0.970. The third kappa shape index (κ3) is 3.41. The van der Waals surface area contributed by atoms with Crippen molar-refractivity contribution < 1.29 is 24.2 Å². The first-order valence-corrected chi connectivity index (χ1v) is 7.02. The number of ether oxygens (including phenoxy) is 2. The van der Waals surface area contributed by atoms with E-state index in [1.54, 1.807) is 29.6 Å². The number of methoxy groups -OCH3 is 1. The standard InChI is InChI=1S/C15H14O5S/c1-9(16)10-3-4-12(13(7-10)19-2)20-8-11-5-6-21-14(11)15(17)18/h3-7H,8H2,1-2H3,(H,17,18). The Morgan fingerprint density at radius 3 is 2.62 bits per heavy atom. The van der Waals surface area contributed by atoms with Gasteiger partial charge < -0.3 is 14.6 Å². The number of rotatable bonds is 6. The Kier molecular flexibility index (Phi) is 4.59. The van der Waals surface area contributed by atoms with Gasteiger partial charge in [0.15, 0.2) is 17.3 Å². The molecule has 0 aliphatic rings. The molecule has 0 aliphatic carbocycles. The predicted octanol–water partition coefficient (Wildman–Crippen LogP) is 3.24. The topological polar surface area (TPSA) is 72.8 Å². The van der Waals surface area contributed by atoms with Gasteiger partial charge in [0.05, 0.1) is 7.11 Å². The fraction of sp³-hybridized carbons (Fsp3) is 0.200. The van der Waals surface area contributed by atoms with Crippen molar-refractivity contribution in [1.29, 1.82) is 0 Å². The molecule has 1 aromatic heterocycles. The number of carbonyl (C=O) groups is 2. The molecule has 0 fully saturated rings. The first kappa shape index (κ1) is 15.1. The Labute approximate surface area is 125 Å². The van der Waals surface area contributed by atoms with Gasteiger partial charge in [0.1, 0.15) is 11.5 Å². The molecule has 0 radical (unpaired) electrons. The number of aromatic carboxylic acids is 1. The van der Waals surface area contributed by atoms with E-state index in [1.165, 1.54) is 14.0 Å². The van der Waals surface area contributed by atoms with Gasteiger partial charge in [-0.3, -0.25) is 4.79 Å². The first-order valence-electron chi connectivity index (χ1n) is 6.14. The zero-order valence-electron chi connectivity index (χ0n) is 11.6. The van der Waals surface area contributed by atoms with E-state index in [2.05, 4.69) is 0 Å². The van der Waals surface area contributed by atoms with Crippen molar-refractivity contribution in [3.8, 4) is 11.5 Å². The molecule has 1 aromatic carbocycles. The quantitative estimate of drug-likeness (QED) is 0.829. The van der Waals surface area contributed by atoms with E-state index < -0.39 is 5.97 Å². The first-order chi connectivity index (χ1) is 10.0. The van der Waals surface area contributed by atoms with Crippen LogP contribution in [0.15, 0.2) is 29.6 Å². The van der Waals surface area contributed by atoms with Crippen LogP contribution in [-0.2, 0) is 6.61 Å². The lowest BCUT2D eigenvalue weighted by atomic mass is 10.1. The highest BCUT2D eigenvalue weighted by Gasteiger charge is 2.14. The van der Waals surface area contributed by atoms with Crippen LogP contribution < -0.4 is 9.47 Å². The molecule has 0 aliphatic heterocycles. The van der Waals surface area contributed by atoms with Crippen LogP contribution in [0.5, 0.6) is 11.5 Å². The van der Waals surface area contributed by atoms with Gasteiger partial charge in [-0.15, -0.1) is 11.3 Å². The second-order valence-corrected chi connectivity index (χ2v) is 5.21. The fourth-order valence-electron chi connectivity index (χ4n) is 1.80. The van der Waals surface area contributed by atoms with E-state index in [-0.39, 0.29) is 17.3 Å². The third-order valence-corrected chi connectivity index (χ3v) is 3.84. The number of carboxylic acids is 1. The van der Waals surface area contributed by atoms with Crippen LogP contribution in [0.2, 0.25) is 0 Å². The van der Waals surface area contributed by atoms with Crippen LogP contribution in [0.25, 0.3) is 0 Å². The number of hydrogen-bond donors (Lipinski definition) is 1. The van der Waals surface area contributed by atoms with E-state index in [0.29, 0.717) is 22.6 Å². The molecule has 21 heavy (non-hydrogen) atoms. The van der Waals surface area contributed by atoms with Crippen LogP contribution in [0.1, 0.15) is 32.5 Å². The number of benzene rings is 1. The summed E-state index contributed by atoms with van der Waals surface area (Å²) in [5, 5.41) is 10.7. The maximum atomic E-state index is 11.3. The molecule has 0 atom stereocenters. The van der Waals surface area contributed by atoms with Crippen LogP contribution in [-0.4, -0.2) is 24.0 Å². The van der Waals surface area contributed by atoms with Crippen LogP contribution >= 0.6 is 11.3 Å². The summed E-state index contributed by atoms with van der Waals surface area (Å²) in [6.45, 7) is 1.60. The summed E-state index contributed by atoms with van der Waals surface area (Å²) in [6, 6.07) is 6.60.